The number of aliphatic hydroxyl groups excluding tert-OH is 2. The lowest BCUT2D eigenvalue weighted by Gasteiger charge is -2.27. The molecule has 0 spiro atoms. The maximum absolute atomic E-state index is 9.08. The van der Waals surface area contributed by atoms with Gasteiger partial charge in [0.15, 0.2) is 0 Å². The molecule has 4 atom stereocenters. The van der Waals surface area contributed by atoms with Gasteiger partial charge in [0, 0.05) is 13.2 Å². The molecule has 0 aliphatic heterocycles. The van der Waals surface area contributed by atoms with Gasteiger partial charge in [-0.2, -0.15) is 0 Å². The second-order valence-corrected chi connectivity index (χ2v) is 4.03. The molecule has 0 radical (unpaired) electrons. The third kappa shape index (κ3) is 1.00. The van der Waals surface area contributed by atoms with Crippen molar-refractivity contribution in [3.8, 4) is 0 Å². The van der Waals surface area contributed by atoms with E-state index in [-0.39, 0.29) is 13.2 Å². The van der Waals surface area contributed by atoms with Gasteiger partial charge < -0.3 is 10.2 Å². The first-order chi connectivity index (χ1) is 5.36. The van der Waals surface area contributed by atoms with Crippen LogP contribution in [-0.4, -0.2) is 23.4 Å². The molecule has 0 amide bonds. The summed E-state index contributed by atoms with van der Waals surface area (Å²) in [6, 6.07) is 0. The number of hydrogen-bond acceptors (Lipinski definition) is 2. The van der Waals surface area contributed by atoms with E-state index in [9.17, 15) is 0 Å². The zero-order chi connectivity index (χ0) is 7.84. The summed E-state index contributed by atoms with van der Waals surface area (Å²) in [6.45, 7) is 0.568. The van der Waals surface area contributed by atoms with Gasteiger partial charge in [-0.15, -0.1) is 0 Å². The fraction of sp³-hybridized carbons (Fsp3) is 1.00. The quantitative estimate of drug-likeness (QED) is 0.615. The van der Waals surface area contributed by atoms with Crippen LogP contribution in [0, 0.1) is 23.7 Å². The summed E-state index contributed by atoms with van der Waals surface area (Å²) in [7, 11) is 0. The summed E-state index contributed by atoms with van der Waals surface area (Å²) in [5.41, 5.74) is 0. The van der Waals surface area contributed by atoms with Gasteiger partial charge in [0.2, 0.25) is 0 Å². The molecule has 2 aliphatic rings. The lowest BCUT2D eigenvalue weighted by atomic mass is 9.80. The van der Waals surface area contributed by atoms with Gasteiger partial charge in [0.05, 0.1) is 0 Å². The molecule has 2 rings (SSSR count). The number of hydrogen-bond donors (Lipinski definition) is 2. The maximum atomic E-state index is 9.08. The van der Waals surface area contributed by atoms with Gasteiger partial charge >= 0.3 is 0 Å². The van der Waals surface area contributed by atoms with E-state index in [4.69, 9.17) is 10.2 Å². The molecule has 0 aromatic rings. The van der Waals surface area contributed by atoms with Crippen molar-refractivity contribution < 1.29 is 10.2 Å². The average Bonchev–Trinajstić information content (AvgIpc) is 2.60. The third-order valence-electron chi connectivity index (χ3n) is 3.70. The highest BCUT2D eigenvalue weighted by atomic mass is 16.3. The SMILES string of the molecule is OCC1C2CCC(C2)[C@@H]1CO. The topological polar surface area (TPSA) is 40.5 Å². The normalized spacial score (nSPS) is 48.5. The van der Waals surface area contributed by atoms with Crippen molar-refractivity contribution in [3.63, 3.8) is 0 Å². The minimum atomic E-state index is 0.284. The number of fused-ring (bicyclic) bond motifs is 2. The van der Waals surface area contributed by atoms with Crippen LogP contribution in [0.15, 0.2) is 0 Å². The minimum Gasteiger partial charge on any atom is -0.396 e. The molecular formula is C9H16O2. The molecule has 64 valence electrons. The van der Waals surface area contributed by atoms with Gasteiger partial charge in [-0.25, -0.2) is 0 Å². The van der Waals surface area contributed by atoms with Crippen LogP contribution in [0.3, 0.4) is 0 Å². The van der Waals surface area contributed by atoms with Crippen LogP contribution in [-0.2, 0) is 0 Å². The first-order valence-electron chi connectivity index (χ1n) is 4.58. The molecule has 2 aliphatic carbocycles. The lowest BCUT2D eigenvalue weighted by molar-refractivity contribution is 0.0791. The van der Waals surface area contributed by atoms with Gasteiger partial charge in [0.1, 0.15) is 0 Å². The van der Waals surface area contributed by atoms with E-state index in [0.717, 1.165) is 11.8 Å². The predicted octanol–water partition coefficient (Wildman–Crippen LogP) is 0.633. The Hall–Kier alpha value is -0.0800. The zero-order valence-corrected chi connectivity index (χ0v) is 6.74. The average molecular weight is 156 g/mol. The van der Waals surface area contributed by atoms with Crippen LogP contribution >= 0.6 is 0 Å². The Morgan fingerprint density at radius 3 is 1.73 bits per heavy atom. The maximum Gasteiger partial charge on any atom is 0.0465 e. The van der Waals surface area contributed by atoms with Gasteiger partial charge in [0.25, 0.3) is 0 Å². The van der Waals surface area contributed by atoms with Crippen molar-refractivity contribution in [2.24, 2.45) is 23.7 Å². The highest BCUT2D eigenvalue weighted by molar-refractivity contribution is 4.95. The Labute approximate surface area is 67.2 Å². The molecule has 2 bridgehead atoms. The van der Waals surface area contributed by atoms with Crippen LogP contribution in [0.5, 0.6) is 0 Å². The molecule has 0 saturated heterocycles. The Morgan fingerprint density at radius 1 is 0.909 bits per heavy atom. The van der Waals surface area contributed by atoms with Crippen molar-refractivity contribution >= 4 is 0 Å². The van der Waals surface area contributed by atoms with E-state index in [0.29, 0.717) is 11.8 Å². The fourth-order valence-electron chi connectivity index (χ4n) is 3.10. The molecule has 2 saturated carbocycles. The van der Waals surface area contributed by atoms with Gasteiger partial charge in [-0.3, -0.25) is 0 Å². The minimum absolute atomic E-state index is 0.284. The summed E-state index contributed by atoms with van der Waals surface area (Å²) >= 11 is 0. The predicted molar refractivity (Wildman–Crippen MR) is 42.0 cm³/mol. The van der Waals surface area contributed by atoms with Crippen molar-refractivity contribution in [1.82, 2.24) is 0 Å². The molecule has 3 unspecified atom stereocenters. The second kappa shape index (κ2) is 2.76. The monoisotopic (exact) mass is 156 g/mol. The standard InChI is InChI=1S/C9H16O2/c10-4-8-6-1-2-7(3-6)9(8)5-11/h6-11H,1-5H2/t6?,7?,8-,9?/m0/s1. The third-order valence-corrected chi connectivity index (χ3v) is 3.70. The summed E-state index contributed by atoms with van der Waals surface area (Å²) < 4.78 is 0. The van der Waals surface area contributed by atoms with Crippen molar-refractivity contribution in [2.45, 2.75) is 19.3 Å². The Morgan fingerprint density at radius 2 is 1.36 bits per heavy atom. The molecule has 2 fully saturated rings. The molecule has 2 N–H and O–H groups in total. The van der Waals surface area contributed by atoms with E-state index in [1.165, 1.54) is 19.3 Å². The summed E-state index contributed by atoms with van der Waals surface area (Å²) in [4.78, 5) is 0. The van der Waals surface area contributed by atoms with Crippen LogP contribution in [0.2, 0.25) is 0 Å². The largest absolute Gasteiger partial charge is 0.396 e. The van der Waals surface area contributed by atoms with Crippen molar-refractivity contribution in [3.05, 3.63) is 0 Å². The lowest BCUT2D eigenvalue weighted by Crippen LogP contribution is -2.27. The number of rotatable bonds is 2. The van der Waals surface area contributed by atoms with Crippen LogP contribution in [0.1, 0.15) is 19.3 Å². The Balaban J connectivity index is 2.08. The van der Waals surface area contributed by atoms with Gasteiger partial charge in [-0.1, -0.05) is 0 Å². The summed E-state index contributed by atoms with van der Waals surface area (Å²) in [5.74, 6) is 2.28. The molecule has 2 nitrogen and oxygen atoms in total. The first-order valence-corrected chi connectivity index (χ1v) is 4.58. The second-order valence-electron chi connectivity index (χ2n) is 4.03. The van der Waals surface area contributed by atoms with Crippen molar-refractivity contribution in [2.75, 3.05) is 13.2 Å². The van der Waals surface area contributed by atoms with Crippen LogP contribution in [0.4, 0.5) is 0 Å². The molecule has 11 heavy (non-hydrogen) atoms. The van der Waals surface area contributed by atoms with E-state index in [2.05, 4.69) is 0 Å². The van der Waals surface area contributed by atoms with Crippen LogP contribution < -0.4 is 0 Å². The smallest absolute Gasteiger partial charge is 0.0465 e. The molecule has 2 heteroatoms. The summed E-state index contributed by atoms with van der Waals surface area (Å²) in [6.07, 6.45) is 3.83. The molecule has 0 aromatic heterocycles. The van der Waals surface area contributed by atoms with Crippen LogP contribution in [0.25, 0.3) is 0 Å². The Bertz CT molecular complexity index is 130. The van der Waals surface area contributed by atoms with E-state index < -0.39 is 0 Å². The molecule has 0 heterocycles. The highest BCUT2D eigenvalue weighted by Crippen LogP contribution is 2.51. The summed E-state index contributed by atoms with van der Waals surface area (Å²) in [5, 5.41) is 18.2. The number of aliphatic hydroxyl groups is 2. The van der Waals surface area contributed by atoms with Gasteiger partial charge in [-0.05, 0) is 42.9 Å². The Kier molecular flexibility index (Phi) is 1.90. The van der Waals surface area contributed by atoms with E-state index in [1.807, 2.05) is 0 Å². The molecular weight excluding hydrogens is 140 g/mol. The first kappa shape index (κ1) is 7.56. The fourth-order valence-corrected chi connectivity index (χ4v) is 3.10. The van der Waals surface area contributed by atoms with E-state index >= 15 is 0 Å². The zero-order valence-electron chi connectivity index (χ0n) is 6.74. The van der Waals surface area contributed by atoms with E-state index in [1.54, 1.807) is 0 Å². The highest BCUT2D eigenvalue weighted by Gasteiger charge is 2.46. The molecule has 0 aromatic carbocycles. The van der Waals surface area contributed by atoms with Crippen molar-refractivity contribution in [1.29, 1.82) is 0 Å².